The summed E-state index contributed by atoms with van der Waals surface area (Å²) in [7, 11) is 1.34. The number of alkyl halides is 3. The summed E-state index contributed by atoms with van der Waals surface area (Å²) in [6.07, 6.45) is -4.33. The van der Waals surface area contributed by atoms with Crippen molar-refractivity contribution in [3.05, 3.63) is 35.4 Å². The van der Waals surface area contributed by atoms with Crippen LogP contribution in [0.1, 0.15) is 24.5 Å². The Morgan fingerprint density at radius 2 is 1.62 bits per heavy atom. The summed E-state index contributed by atoms with van der Waals surface area (Å²) in [5.41, 5.74) is -0.733. The van der Waals surface area contributed by atoms with Crippen molar-refractivity contribution in [2.75, 3.05) is 7.05 Å². The van der Waals surface area contributed by atoms with Gasteiger partial charge in [0.25, 0.3) is 0 Å². The molecule has 4 heteroatoms. The lowest BCUT2D eigenvalue weighted by Gasteiger charge is -2.35. The first kappa shape index (κ1) is 13.0. The second-order valence-electron chi connectivity index (χ2n) is 3.87. The van der Waals surface area contributed by atoms with Gasteiger partial charge >= 0.3 is 6.18 Å². The molecule has 1 unspecified atom stereocenters. The maximum atomic E-state index is 13.1. The fourth-order valence-electron chi connectivity index (χ4n) is 1.87. The summed E-state index contributed by atoms with van der Waals surface area (Å²) in [6.45, 7) is 3.38. The number of rotatable bonds is 3. The molecule has 0 aromatic heterocycles. The van der Waals surface area contributed by atoms with Crippen LogP contribution >= 0.6 is 0 Å². The van der Waals surface area contributed by atoms with E-state index in [1.165, 1.54) is 26.1 Å². The van der Waals surface area contributed by atoms with Crippen LogP contribution in [0.4, 0.5) is 13.2 Å². The van der Waals surface area contributed by atoms with Crippen LogP contribution in [-0.4, -0.2) is 13.2 Å². The molecular weight excluding hydrogens is 215 g/mol. The van der Waals surface area contributed by atoms with Crippen molar-refractivity contribution >= 4 is 0 Å². The number of benzene rings is 1. The van der Waals surface area contributed by atoms with E-state index >= 15 is 0 Å². The van der Waals surface area contributed by atoms with Gasteiger partial charge in [0, 0.05) is 0 Å². The first-order valence-electron chi connectivity index (χ1n) is 5.20. The molecule has 0 heterocycles. The van der Waals surface area contributed by atoms with E-state index in [1.54, 1.807) is 12.1 Å². The van der Waals surface area contributed by atoms with Gasteiger partial charge in [0.05, 0.1) is 0 Å². The van der Waals surface area contributed by atoms with Crippen LogP contribution in [0, 0.1) is 6.92 Å². The van der Waals surface area contributed by atoms with Gasteiger partial charge < -0.3 is 5.32 Å². The molecule has 0 radical (unpaired) electrons. The molecule has 0 saturated heterocycles. The second-order valence-corrected chi connectivity index (χ2v) is 3.87. The molecule has 0 saturated carbocycles. The van der Waals surface area contributed by atoms with Crippen molar-refractivity contribution in [1.29, 1.82) is 0 Å². The molecule has 0 amide bonds. The average molecular weight is 231 g/mol. The van der Waals surface area contributed by atoms with E-state index in [1.807, 2.05) is 6.92 Å². The molecule has 1 aromatic carbocycles. The zero-order valence-electron chi connectivity index (χ0n) is 9.65. The predicted octanol–water partition coefficient (Wildman–Crippen LogP) is 3.38. The second kappa shape index (κ2) is 4.45. The van der Waals surface area contributed by atoms with E-state index in [0.29, 0.717) is 0 Å². The van der Waals surface area contributed by atoms with Gasteiger partial charge in [0.2, 0.25) is 0 Å². The topological polar surface area (TPSA) is 12.0 Å². The fraction of sp³-hybridized carbons (Fsp3) is 0.500. The van der Waals surface area contributed by atoms with E-state index in [0.717, 1.165) is 5.56 Å². The van der Waals surface area contributed by atoms with Gasteiger partial charge in [-0.1, -0.05) is 36.8 Å². The van der Waals surface area contributed by atoms with E-state index in [9.17, 15) is 13.2 Å². The number of hydrogen-bond acceptors (Lipinski definition) is 1. The minimum Gasteiger partial charge on any atom is -0.303 e. The number of hydrogen-bond donors (Lipinski definition) is 1. The predicted molar refractivity (Wildman–Crippen MR) is 58.3 cm³/mol. The molecule has 1 nitrogen and oxygen atoms in total. The van der Waals surface area contributed by atoms with Crippen LogP contribution in [0.25, 0.3) is 0 Å². The van der Waals surface area contributed by atoms with Gasteiger partial charge in [-0.05, 0) is 26.0 Å². The summed E-state index contributed by atoms with van der Waals surface area (Å²) in [4.78, 5) is 0. The molecule has 16 heavy (non-hydrogen) atoms. The van der Waals surface area contributed by atoms with Crippen molar-refractivity contribution in [1.82, 2.24) is 5.32 Å². The Kier molecular flexibility index (Phi) is 3.63. The highest BCUT2D eigenvalue weighted by molar-refractivity contribution is 5.29. The van der Waals surface area contributed by atoms with Gasteiger partial charge in [-0.2, -0.15) is 13.2 Å². The smallest absolute Gasteiger partial charge is 0.303 e. The van der Waals surface area contributed by atoms with Crippen LogP contribution < -0.4 is 5.32 Å². The van der Waals surface area contributed by atoms with Crippen LogP contribution in [0.2, 0.25) is 0 Å². The van der Waals surface area contributed by atoms with Gasteiger partial charge in [0.15, 0.2) is 0 Å². The van der Waals surface area contributed by atoms with E-state index in [4.69, 9.17) is 0 Å². The first-order chi connectivity index (χ1) is 7.37. The van der Waals surface area contributed by atoms with Gasteiger partial charge in [-0.3, -0.25) is 0 Å². The summed E-state index contributed by atoms with van der Waals surface area (Å²) < 4.78 is 39.3. The standard InChI is InChI=1S/C12H16F3N/c1-4-11(16-3,12(13,14)15)10-7-5-9(2)6-8-10/h5-8,16H,4H2,1-3H3. The van der Waals surface area contributed by atoms with Crippen molar-refractivity contribution in [2.45, 2.75) is 32.0 Å². The van der Waals surface area contributed by atoms with Crippen molar-refractivity contribution in [2.24, 2.45) is 0 Å². The van der Waals surface area contributed by atoms with Crippen LogP contribution in [0.15, 0.2) is 24.3 Å². The largest absolute Gasteiger partial charge is 0.410 e. The Hall–Kier alpha value is -1.03. The molecule has 0 aliphatic rings. The molecular formula is C12H16F3N. The Bertz CT molecular complexity index is 336. The molecule has 0 spiro atoms. The van der Waals surface area contributed by atoms with Crippen LogP contribution in [0.3, 0.4) is 0 Å². The third kappa shape index (κ3) is 2.07. The minimum absolute atomic E-state index is 0.0317. The monoisotopic (exact) mass is 231 g/mol. The normalized spacial score (nSPS) is 15.9. The van der Waals surface area contributed by atoms with Crippen molar-refractivity contribution in [3.8, 4) is 0 Å². The van der Waals surface area contributed by atoms with Crippen molar-refractivity contribution in [3.63, 3.8) is 0 Å². The highest BCUT2D eigenvalue weighted by atomic mass is 19.4. The number of nitrogens with one attached hydrogen (secondary N) is 1. The van der Waals surface area contributed by atoms with Gasteiger partial charge in [-0.15, -0.1) is 0 Å². The maximum Gasteiger partial charge on any atom is 0.410 e. The van der Waals surface area contributed by atoms with Crippen molar-refractivity contribution < 1.29 is 13.2 Å². The van der Waals surface area contributed by atoms with Crippen LogP contribution in [0.5, 0.6) is 0 Å². The highest BCUT2D eigenvalue weighted by Crippen LogP contribution is 2.41. The molecule has 90 valence electrons. The zero-order chi connectivity index (χ0) is 12.4. The van der Waals surface area contributed by atoms with Gasteiger partial charge in [0.1, 0.15) is 5.54 Å². The Labute approximate surface area is 93.7 Å². The summed E-state index contributed by atoms with van der Waals surface area (Å²) in [5, 5.41) is 2.42. The molecule has 0 aliphatic carbocycles. The summed E-state index contributed by atoms with van der Waals surface area (Å²) in [6, 6.07) is 6.46. The first-order valence-corrected chi connectivity index (χ1v) is 5.20. The quantitative estimate of drug-likeness (QED) is 0.840. The molecule has 0 fully saturated rings. The summed E-state index contributed by atoms with van der Waals surface area (Å²) >= 11 is 0. The Morgan fingerprint density at radius 3 is 1.94 bits per heavy atom. The Morgan fingerprint density at radius 1 is 1.12 bits per heavy atom. The third-order valence-electron chi connectivity index (χ3n) is 2.99. The average Bonchev–Trinajstić information content (AvgIpc) is 2.21. The van der Waals surface area contributed by atoms with E-state index in [2.05, 4.69) is 5.32 Å². The molecule has 1 rings (SSSR count). The minimum atomic E-state index is -4.30. The number of halogens is 3. The molecule has 1 atom stereocenters. The molecule has 0 bridgehead atoms. The molecule has 1 N–H and O–H groups in total. The molecule has 0 aliphatic heterocycles. The highest BCUT2D eigenvalue weighted by Gasteiger charge is 2.53. The number of aryl methyl sites for hydroxylation is 1. The van der Waals surface area contributed by atoms with E-state index in [-0.39, 0.29) is 12.0 Å². The van der Waals surface area contributed by atoms with Crippen LogP contribution in [-0.2, 0) is 5.54 Å². The van der Waals surface area contributed by atoms with Gasteiger partial charge in [-0.25, -0.2) is 0 Å². The third-order valence-corrected chi connectivity index (χ3v) is 2.99. The lowest BCUT2D eigenvalue weighted by atomic mass is 9.86. The maximum absolute atomic E-state index is 13.1. The lowest BCUT2D eigenvalue weighted by molar-refractivity contribution is -0.200. The fourth-order valence-corrected chi connectivity index (χ4v) is 1.87. The summed E-state index contributed by atoms with van der Waals surface area (Å²) in [5.74, 6) is 0. The SMILES string of the molecule is CCC(NC)(c1ccc(C)cc1)C(F)(F)F. The van der Waals surface area contributed by atoms with E-state index < -0.39 is 11.7 Å². The lowest BCUT2D eigenvalue weighted by Crippen LogP contribution is -2.52. The zero-order valence-corrected chi connectivity index (χ0v) is 9.65. The molecule has 1 aromatic rings. The Balaban J connectivity index is 3.26.